The summed E-state index contributed by atoms with van der Waals surface area (Å²) in [6.07, 6.45) is 0. The van der Waals surface area contributed by atoms with Crippen molar-refractivity contribution in [1.29, 1.82) is 0 Å². The Morgan fingerprint density at radius 2 is 1.80 bits per heavy atom. The van der Waals surface area contributed by atoms with E-state index < -0.39 is 0 Å². The SMILES string of the molecule is Sc1cc(I)ccc1I.[Na]. The standard InChI is InChI=1S/C6H4I2S.Na/c7-4-1-2-5(8)6(9)3-4;/h1-3,9H;. The second-order valence-electron chi connectivity index (χ2n) is 1.60. The van der Waals surface area contributed by atoms with Gasteiger partial charge in [0.05, 0.1) is 0 Å². The molecule has 0 aliphatic rings. The van der Waals surface area contributed by atoms with Crippen LogP contribution in [0.1, 0.15) is 0 Å². The van der Waals surface area contributed by atoms with Gasteiger partial charge in [-0.15, -0.1) is 12.6 Å². The van der Waals surface area contributed by atoms with Gasteiger partial charge in [0.2, 0.25) is 0 Å². The first-order chi connectivity index (χ1) is 4.20. The van der Waals surface area contributed by atoms with Crippen LogP contribution in [0.3, 0.4) is 0 Å². The van der Waals surface area contributed by atoms with E-state index in [1.54, 1.807) is 0 Å². The normalized spacial score (nSPS) is 8.70. The molecule has 0 spiro atoms. The van der Waals surface area contributed by atoms with Crippen molar-refractivity contribution in [2.45, 2.75) is 4.90 Å². The minimum atomic E-state index is 0. The molecule has 0 aliphatic carbocycles. The van der Waals surface area contributed by atoms with Crippen LogP contribution >= 0.6 is 57.8 Å². The summed E-state index contributed by atoms with van der Waals surface area (Å²) in [5, 5.41) is 0. The van der Waals surface area contributed by atoms with E-state index in [1.807, 2.05) is 6.07 Å². The maximum absolute atomic E-state index is 4.26. The van der Waals surface area contributed by atoms with Crippen LogP contribution in [0.15, 0.2) is 23.1 Å². The Morgan fingerprint density at radius 3 is 2.20 bits per heavy atom. The van der Waals surface area contributed by atoms with Crippen molar-refractivity contribution in [3.8, 4) is 0 Å². The van der Waals surface area contributed by atoms with Gasteiger partial charge >= 0.3 is 0 Å². The molecule has 1 aromatic rings. The summed E-state index contributed by atoms with van der Waals surface area (Å²) in [6.45, 7) is 0. The summed E-state index contributed by atoms with van der Waals surface area (Å²) in [5.74, 6) is 0. The molecule has 0 fully saturated rings. The molecule has 0 atom stereocenters. The molecular weight excluding hydrogens is 381 g/mol. The molecule has 10 heavy (non-hydrogen) atoms. The monoisotopic (exact) mass is 385 g/mol. The molecular formula is C6H4I2NaS. The fraction of sp³-hybridized carbons (Fsp3) is 0. The van der Waals surface area contributed by atoms with Gasteiger partial charge in [-0.2, -0.15) is 0 Å². The van der Waals surface area contributed by atoms with E-state index in [-0.39, 0.29) is 29.6 Å². The number of rotatable bonds is 0. The predicted octanol–water partition coefficient (Wildman–Crippen LogP) is 2.80. The van der Waals surface area contributed by atoms with Gasteiger partial charge in [-0.05, 0) is 63.4 Å². The van der Waals surface area contributed by atoms with Gasteiger partial charge in [0, 0.05) is 41.6 Å². The Labute approximate surface area is 116 Å². The van der Waals surface area contributed by atoms with E-state index >= 15 is 0 Å². The van der Waals surface area contributed by atoms with Gasteiger partial charge < -0.3 is 0 Å². The first-order valence-electron chi connectivity index (χ1n) is 2.34. The molecule has 49 valence electrons. The average molecular weight is 385 g/mol. The first kappa shape index (κ1) is 12.0. The first-order valence-corrected chi connectivity index (χ1v) is 4.94. The Hall–Kier alpha value is 2.03. The molecule has 1 radical (unpaired) electrons. The number of benzene rings is 1. The van der Waals surface area contributed by atoms with E-state index in [0.29, 0.717) is 0 Å². The smallest absolute Gasteiger partial charge is 0.0264 e. The third-order valence-electron chi connectivity index (χ3n) is 0.908. The second-order valence-corrected chi connectivity index (χ2v) is 4.49. The van der Waals surface area contributed by atoms with Crippen molar-refractivity contribution in [2.24, 2.45) is 0 Å². The van der Waals surface area contributed by atoms with Crippen molar-refractivity contribution in [1.82, 2.24) is 0 Å². The molecule has 0 unspecified atom stereocenters. The van der Waals surface area contributed by atoms with E-state index in [2.05, 4.69) is 69.9 Å². The zero-order valence-electron chi connectivity index (χ0n) is 5.44. The van der Waals surface area contributed by atoms with Crippen LogP contribution < -0.4 is 0 Å². The van der Waals surface area contributed by atoms with Gasteiger partial charge in [0.1, 0.15) is 0 Å². The molecule has 0 nitrogen and oxygen atoms in total. The van der Waals surface area contributed by atoms with Crippen LogP contribution in [0, 0.1) is 7.14 Å². The minimum Gasteiger partial charge on any atom is -0.142 e. The van der Waals surface area contributed by atoms with Gasteiger partial charge in [-0.25, -0.2) is 0 Å². The van der Waals surface area contributed by atoms with Gasteiger partial charge in [0.25, 0.3) is 0 Å². The summed E-state index contributed by atoms with van der Waals surface area (Å²) in [6, 6.07) is 6.18. The Bertz CT molecular complexity index is 227. The molecule has 0 saturated heterocycles. The summed E-state index contributed by atoms with van der Waals surface area (Å²) in [7, 11) is 0. The van der Waals surface area contributed by atoms with E-state index in [4.69, 9.17) is 0 Å². The van der Waals surface area contributed by atoms with Crippen LogP contribution in [-0.2, 0) is 0 Å². The van der Waals surface area contributed by atoms with Crippen LogP contribution in [-0.4, -0.2) is 29.6 Å². The molecule has 1 rings (SSSR count). The Balaban J connectivity index is 0.000000810. The van der Waals surface area contributed by atoms with Crippen LogP contribution in [0.4, 0.5) is 0 Å². The zero-order valence-corrected chi connectivity index (χ0v) is 12.6. The number of halogens is 2. The third-order valence-corrected chi connectivity index (χ3v) is 3.32. The largest absolute Gasteiger partial charge is 0.142 e. The second kappa shape index (κ2) is 5.64. The van der Waals surface area contributed by atoms with Crippen molar-refractivity contribution in [2.75, 3.05) is 0 Å². The van der Waals surface area contributed by atoms with Crippen molar-refractivity contribution in [3.05, 3.63) is 25.3 Å². The predicted molar refractivity (Wildman–Crippen MR) is 64.9 cm³/mol. The van der Waals surface area contributed by atoms with Crippen LogP contribution in [0.5, 0.6) is 0 Å². The number of hydrogen-bond acceptors (Lipinski definition) is 1. The van der Waals surface area contributed by atoms with Crippen LogP contribution in [0.25, 0.3) is 0 Å². The van der Waals surface area contributed by atoms with E-state index in [1.165, 1.54) is 7.14 Å². The number of hydrogen-bond donors (Lipinski definition) is 1. The third kappa shape index (κ3) is 3.62. The maximum atomic E-state index is 4.26. The van der Waals surface area contributed by atoms with Gasteiger partial charge in [-0.1, -0.05) is 0 Å². The Kier molecular flexibility index (Phi) is 6.78. The van der Waals surface area contributed by atoms with Crippen LogP contribution in [0.2, 0.25) is 0 Å². The molecule has 0 saturated carbocycles. The molecule has 0 N–H and O–H groups in total. The average Bonchev–Trinajstić information content (AvgIpc) is 1.80. The molecule has 0 heterocycles. The van der Waals surface area contributed by atoms with E-state index in [9.17, 15) is 0 Å². The number of thiol groups is 1. The fourth-order valence-electron chi connectivity index (χ4n) is 0.486. The minimum absolute atomic E-state index is 0. The van der Waals surface area contributed by atoms with Gasteiger partial charge in [-0.3, -0.25) is 0 Å². The summed E-state index contributed by atoms with van der Waals surface area (Å²) < 4.78 is 2.44. The summed E-state index contributed by atoms with van der Waals surface area (Å²) >= 11 is 8.79. The summed E-state index contributed by atoms with van der Waals surface area (Å²) in [4.78, 5) is 1.06. The topological polar surface area (TPSA) is 0 Å². The van der Waals surface area contributed by atoms with E-state index in [0.717, 1.165) is 4.90 Å². The molecule has 0 bridgehead atoms. The Morgan fingerprint density at radius 1 is 1.20 bits per heavy atom. The quantitative estimate of drug-likeness (QED) is 0.397. The summed E-state index contributed by atoms with van der Waals surface area (Å²) in [5.41, 5.74) is 0. The van der Waals surface area contributed by atoms with Gasteiger partial charge in [0.15, 0.2) is 0 Å². The maximum Gasteiger partial charge on any atom is 0.0264 e. The molecule has 0 amide bonds. The fourth-order valence-corrected chi connectivity index (χ4v) is 1.77. The molecule has 0 aliphatic heterocycles. The zero-order chi connectivity index (χ0) is 6.85. The molecule has 0 aromatic heterocycles. The molecule has 1 aromatic carbocycles. The van der Waals surface area contributed by atoms with Crippen molar-refractivity contribution < 1.29 is 0 Å². The van der Waals surface area contributed by atoms with Crippen molar-refractivity contribution in [3.63, 3.8) is 0 Å². The van der Waals surface area contributed by atoms with Crippen molar-refractivity contribution >= 4 is 87.4 Å². The molecule has 4 heteroatoms.